The Bertz CT molecular complexity index is 1020. The van der Waals surface area contributed by atoms with Crippen molar-refractivity contribution < 1.29 is 18.4 Å². The lowest BCUT2D eigenvalue weighted by molar-refractivity contribution is -0.136. The Kier molecular flexibility index (Phi) is 7.23. The number of nitrogens with one attached hydrogen (secondary N) is 1. The van der Waals surface area contributed by atoms with Crippen LogP contribution >= 0.6 is 0 Å². The van der Waals surface area contributed by atoms with Crippen molar-refractivity contribution in [3.63, 3.8) is 0 Å². The first-order chi connectivity index (χ1) is 16.4. The highest BCUT2D eigenvalue weighted by atomic mass is 19.1. The van der Waals surface area contributed by atoms with Gasteiger partial charge in [-0.1, -0.05) is 6.07 Å². The Morgan fingerprint density at radius 1 is 1.12 bits per heavy atom. The predicted octanol–water partition coefficient (Wildman–Crippen LogP) is 2.63. The van der Waals surface area contributed by atoms with Gasteiger partial charge in [0.25, 0.3) is 0 Å². The second-order valence-electron chi connectivity index (χ2n) is 8.93. The van der Waals surface area contributed by atoms with Crippen molar-refractivity contribution >= 4 is 17.8 Å². The number of rotatable bonds is 3. The third kappa shape index (κ3) is 4.95. The summed E-state index contributed by atoms with van der Waals surface area (Å²) >= 11 is 0. The molecule has 2 unspecified atom stereocenters. The van der Waals surface area contributed by atoms with Crippen molar-refractivity contribution in [2.24, 2.45) is 5.92 Å². The van der Waals surface area contributed by atoms with Gasteiger partial charge in [0, 0.05) is 64.0 Å². The molecule has 1 aromatic heterocycles. The summed E-state index contributed by atoms with van der Waals surface area (Å²) in [5.41, 5.74) is 0.318. The number of halogens is 2. The predicted molar refractivity (Wildman–Crippen MR) is 123 cm³/mol. The molecule has 2 aromatic rings. The van der Waals surface area contributed by atoms with E-state index < -0.39 is 23.5 Å². The topological polar surface area (TPSA) is 81.7 Å². The lowest BCUT2D eigenvalue weighted by Gasteiger charge is -2.36. The summed E-state index contributed by atoms with van der Waals surface area (Å²) in [7, 11) is 1.60. The Labute approximate surface area is 197 Å². The lowest BCUT2D eigenvalue weighted by Crippen LogP contribution is -2.51. The number of carbonyl (C=O) groups excluding carboxylic acids is 2. The molecule has 182 valence electrons. The summed E-state index contributed by atoms with van der Waals surface area (Å²) < 4.78 is 28.4. The molecule has 3 heterocycles. The van der Waals surface area contributed by atoms with Gasteiger partial charge in [0.05, 0.1) is 5.92 Å². The number of hydrogen-bond acceptors (Lipinski definition) is 5. The minimum atomic E-state index is -0.656. The Hall–Kier alpha value is -3.30. The van der Waals surface area contributed by atoms with E-state index >= 15 is 0 Å². The minimum absolute atomic E-state index is 0.0805. The zero-order valence-corrected chi connectivity index (χ0v) is 19.5. The van der Waals surface area contributed by atoms with Crippen LogP contribution in [0.2, 0.25) is 0 Å². The van der Waals surface area contributed by atoms with Gasteiger partial charge in [0.1, 0.15) is 11.6 Å². The van der Waals surface area contributed by atoms with Crippen LogP contribution in [0.4, 0.5) is 19.4 Å². The van der Waals surface area contributed by atoms with Gasteiger partial charge in [-0.2, -0.15) is 5.10 Å². The van der Waals surface area contributed by atoms with E-state index in [2.05, 4.69) is 15.5 Å². The molecule has 0 saturated carbocycles. The second-order valence-corrected chi connectivity index (χ2v) is 8.93. The van der Waals surface area contributed by atoms with E-state index in [0.29, 0.717) is 44.1 Å². The maximum Gasteiger partial charge on any atom is 0.317 e. The van der Waals surface area contributed by atoms with Gasteiger partial charge in [-0.15, -0.1) is 5.10 Å². The molecule has 1 N–H and O–H groups in total. The molecule has 8 nitrogen and oxygen atoms in total. The van der Waals surface area contributed by atoms with Crippen LogP contribution in [-0.4, -0.2) is 77.7 Å². The molecule has 4 rings (SSSR count). The molecule has 1 aromatic carbocycles. The molecule has 34 heavy (non-hydrogen) atoms. The fraction of sp³-hybridized carbons (Fsp3) is 0.500. The zero-order chi connectivity index (χ0) is 24.2. The summed E-state index contributed by atoms with van der Waals surface area (Å²) in [5.74, 6) is -1.79. The van der Waals surface area contributed by atoms with Crippen LogP contribution in [0.3, 0.4) is 0 Å². The van der Waals surface area contributed by atoms with Crippen molar-refractivity contribution in [3.05, 3.63) is 53.7 Å². The molecule has 0 bridgehead atoms. The molecule has 0 aliphatic carbocycles. The van der Waals surface area contributed by atoms with Crippen LogP contribution in [0, 0.1) is 17.6 Å². The average Bonchev–Trinajstić information content (AvgIpc) is 3.26. The van der Waals surface area contributed by atoms with Crippen LogP contribution in [0.25, 0.3) is 0 Å². The molecular formula is C24H30F2N6O2. The molecule has 0 radical (unpaired) electrons. The van der Waals surface area contributed by atoms with Crippen molar-refractivity contribution in [1.82, 2.24) is 25.3 Å². The monoisotopic (exact) mass is 472 g/mol. The molecule has 0 spiro atoms. The minimum Gasteiger partial charge on any atom is -0.354 e. The maximum atomic E-state index is 14.8. The smallest absolute Gasteiger partial charge is 0.317 e. The first kappa shape index (κ1) is 23.8. The van der Waals surface area contributed by atoms with Crippen LogP contribution < -0.4 is 10.2 Å². The second kappa shape index (κ2) is 10.3. The quantitative estimate of drug-likeness (QED) is 0.743. The summed E-state index contributed by atoms with van der Waals surface area (Å²) in [4.78, 5) is 31.5. The number of anilines is 1. The Morgan fingerprint density at radius 3 is 2.65 bits per heavy atom. The van der Waals surface area contributed by atoms with Crippen molar-refractivity contribution in [2.75, 3.05) is 44.7 Å². The average molecular weight is 473 g/mol. The molecule has 2 aliphatic rings. The number of benzene rings is 1. The van der Waals surface area contributed by atoms with Gasteiger partial charge in [0.15, 0.2) is 5.82 Å². The third-order valence-electron chi connectivity index (χ3n) is 6.86. The van der Waals surface area contributed by atoms with Crippen LogP contribution in [0.5, 0.6) is 0 Å². The summed E-state index contributed by atoms with van der Waals surface area (Å²) in [6, 6.07) is 7.00. The standard InChI is InChI=1S/C24H30F2N6O2/c1-16-5-4-10-30(11-12-32(16)24(34)27-2)23(33)20-15-31(22-6-3-9-28-29-22)14-19(20)18-8-7-17(25)13-21(18)26/h3,6-9,13,16,19-20H,4-5,10-12,14-15H2,1-2H3,(H,27,34)/t16?,19-,20?/m0/s1. The summed E-state index contributed by atoms with van der Waals surface area (Å²) in [6.07, 6.45) is 3.11. The van der Waals surface area contributed by atoms with E-state index in [1.54, 1.807) is 35.2 Å². The molecule has 10 heteroatoms. The largest absolute Gasteiger partial charge is 0.354 e. The van der Waals surface area contributed by atoms with Gasteiger partial charge in [-0.05, 0) is 43.5 Å². The highest BCUT2D eigenvalue weighted by Gasteiger charge is 2.42. The molecular weight excluding hydrogens is 442 g/mol. The summed E-state index contributed by atoms with van der Waals surface area (Å²) in [5, 5.41) is 10.7. The van der Waals surface area contributed by atoms with E-state index in [1.165, 1.54) is 12.1 Å². The SMILES string of the molecule is CNC(=O)N1CCN(C(=O)C2CN(c3cccnn3)C[C@H]2c2ccc(F)cc2F)CCCC1C. The van der Waals surface area contributed by atoms with Crippen molar-refractivity contribution in [2.45, 2.75) is 31.7 Å². The fourth-order valence-corrected chi connectivity index (χ4v) is 5.01. The number of aromatic nitrogens is 2. The summed E-state index contributed by atoms with van der Waals surface area (Å²) in [6.45, 7) is 4.12. The van der Waals surface area contributed by atoms with E-state index in [9.17, 15) is 18.4 Å². The molecule has 2 saturated heterocycles. The van der Waals surface area contributed by atoms with Gasteiger partial charge >= 0.3 is 6.03 Å². The van der Waals surface area contributed by atoms with Gasteiger partial charge < -0.3 is 20.0 Å². The molecule has 2 aliphatic heterocycles. The Morgan fingerprint density at radius 2 is 1.94 bits per heavy atom. The number of urea groups is 1. The van der Waals surface area contributed by atoms with Crippen LogP contribution in [-0.2, 0) is 4.79 Å². The normalized spacial score (nSPS) is 23.4. The first-order valence-corrected chi connectivity index (χ1v) is 11.6. The van der Waals surface area contributed by atoms with Gasteiger partial charge in [0.2, 0.25) is 5.91 Å². The number of carbonyl (C=O) groups is 2. The van der Waals surface area contributed by atoms with E-state index in [4.69, 9.17) is 0 Å². The van der Waals surface area contributed by atoms with E-state index in [1.807, 2.05) is 11.8 Å². The highest BCUT2D eigenvalue weighted by Crippen LogP contribution is 2.37. The van der Waals surface area contributed by atoms with Crippen LogP contribution in [0.15, 0.2) is 36.5 Å². The van der Waals surface area contributed by atoms with Gasteiger partial charge in [-0.25, -0.2) is 13.6 Å². The van der Waals surface area contributed by atoms with Crippen molar-refractivity contribution in [1.29, 1.82) is 0 Å². The molecule has 3 amide bonds. The third-order valence-corrected chi connectivity index (χ3v) is 6.86. The number of hydrogen-bond donors (Lipinski definition) is 1. The molecule has 3 atom stereocenters. The first-order valence-electron chi connectivity index (χ1n) is 11.6. The number of amides is 3. The van der Waals surface area contributed by atoms with Gasteiger partial charge in [-0.3, -0.25) is 4.79 Å². The highest BCUT2D eigenvalue weighted by molar-refractivity contribution is 5.82. The van der Waals surface area contributed by atoms with Crippen LogP contribution in [0.1, 0.15) is 31.2 Å². The zero-order valence-electron chi connectivity index (χ0n) is 19.5. The maximum absolute atomic E-state index is 14.8. The van der Waals surface area contributed by atoms with E-state index in [0.717, 1.165) is 18.9 Å². The van der Waals surface area contributed by atoms with E-state index in [-0.39, 0.29) is 18.0 Å². The van der Waals surface area contributed by atoms with Crippen molar-refractivity contribution in [3.8, 4) is 0 Å². The lowest BCUT2D eigenvalue weighted by atomic mass is 9.87. The number of nitrogens with zero attached hydrogens (tertiary/aromatic N) is 5. The fourth-order valence-electron chi connectivity index (χ4n) is 5.01. The Balaban J connectivity index is 1.59. The molecule has 2 fully saturated rings.